The maximum Gasteiger partial charge on any atom is 0.269 e. The van der Waals surface area contributed by atoms with Crippen LogP contribution in [0.5, 0.6) is 0 Å². The number of nitrogens with one attached hydrogen (secondary N) is 2. The number of nitrogens with zero attached hydrogens (tertiary/aromatic N) is 1. The van der Waals surface area contributed by atoms with E-state index in [2.05, 4.69) is 15.5 Å². The average Bonchev–Trinajstić information content (AvgIpc) is 2.74. The molecule has 4 N–H and O–H groups in total. The Bertz CT molecular complexity index is 577. The lowest BCUT2D eigenvalue weighted by molar-refractivity contribution is 0.0949. The van der Waals surface area contributed by atoms with Crippen molar-refractivity contribution in [2.45, 2.75) is 6.42 Å². The molecule has 1 amide bonds. The van der Waals surface area contributed by atoms with Crippen molar-refractivity contribution >= 4 is 11.7 Å². The number of halogens is 2. The molecule has 2 rings (SSSR count). The van der Waals surface area contributed by atoms with E-state index in [0.717, 1.165) is 6.07 Å². The average molecular weight is 266 g/mol. The first-order valence-electron chi connectivity index (χ1n) is 5.58. The zero-order valence-electron chi connectivity index (χ0n) is 9.91. The molecule has 0 saturated carbocycles. The molecule has 0 radical (unpaired) electrons. The summed E-state index contributed by atoms with van der Waals surface area (Å²) in [5.74, 6) is -1.43. The third-order valence-electron chi connectivity index (χ3n) is 2.46. The third-order valence-corrected chi connectivity index (χ3v) is 2.46. The SMILES string of the molecule is Nc1cc(C(=O)NCCc2cc(F)cc(F)c2)[nH]n1. The zero-order valence-corrected chi connectivity index (χ0v) is 9.91. The Morgan fingerprint density at radius 2 is 1.95 bits per heavy atom. The number of nitrogens with two attached hydrogens (primary N) is 1. The second-order valence-electron chi connectivity index (χ2n) is 3.99. The Hall–Kier alpha value is -2.44. The van der Waals surface area contributed by atoms with E-state index in [9.17, 15) is 13.6 Å². The lowest BCUT2D eigenvalue weighted by atomic mass is 10.1. The number of benzene rings is 1. The Kier molecular flexibility index (Phi) is 3.74. The van der Waals surface area contributed by atoms with E-state index in [1.165, 1.54) is 18.2 Å². The molecule has 0 aliphatic rings. The van der Waals surface area contributed by atoms with Gasteiger partial charge in [-0.1, -0.05) is 0 Å². The number of nitrogen functional groups attached to an aromatic ring is 1. The first kappa shape index (κ1) is 13.0. The van der Waals surface area contributed by atoms with Gasteiger partial charge in [-0.15, -0.1) is 0 Å². The standard InChI is InChI=1S/C12H12F2N4O/c13-8-3-7(4-9(14)5-8)1-2-16-12(19)10-6-11(15)18-17-10/h3-6H,1-2H2,(H,16,19)(H3,15,17,18). The highest BCUT2D eigenvalue weighted by Crippen LogP contribution is 2.08. The van der Waals surface area contributed by atoms with Gasteiger partial charge in [0.25, 0.3) is 5.91 Å². The van der Waals surface area contributed by atoms with Gasteiger partial charge in [-0.05, 0) is 24.1 Å². The minimum atomic E-state index is -0.636. The molecule has 1 aromatic carbocycles. The second-order valence-corrected chi connectivity index (χ2v) is 3.99. The van der Waals surface area contributed by atoms with E-state index in [-0.39, 0.29) is 24.0 Å². The molecular weight excluding hydrogens is 254 g/mol. The maximum absolute atomic E-state index is 12.9. The van der Waals surface area contributed by atoms with Crippen LogP contribution in [0.1, 0.15) is 16.1 Å². The number of amides is 1. The third kappa shape index (κ3) is 3.51. The van der Waals surface area contributed by atoms with Crippen molar-refractivity contribution in [3.05, 3.63) is 47.2 Å². The summed E-state index contributed by atoms with van der Waals surface area (Å²) in [5, 5.41) is 8.67. The lowest BCUT2D eigenvalue weighted by Crippen LogP contribution is -2.26. The maximum atomic E-state index is 12.9. The number of H-pyrrole nitrogens is 1. The second kappa shape index (κ2) is 5.47. The molecule has 1 heterocycles. The van der Waals surface area contributed by atoms with Crippen LogP contribution in [0.15, 0.2) is 24.3 Å². The van der Waals surface area contributed by atoms with E-state index in [0.29, 0.717) is 12.0 Å². The molecule has 0 aliphatic heterocycles. The van der Waals surface area contributed by atoms with Crippen LogP contribution < -0.4 is 11.1 Å². The van der Waals surface area contributed by atoms with Gasteiger partial charge in [-0.25, -0.2) is 8.78 Å². The van der Waals surface area contributed by atoms with Gasteiger partial charge >= 0.3 is 0 Å². The van der Waals surface area contributed by atoms with Gasteiger partial charge in [0.1, 0.15) is 23.1 Å². The summed E-state index contributed by atoms with van der Waals surface area (Å²) in [4.78, 5) is 11.6. The van der Waals surface area contributed by atoms with Gasteiger partial charge in [0.15, 0.2) is 0 Å². The van der Waals surface area contributed by atoms with E-state index in [1.807, 2.05) is 0 Å². The van der Waals surface area contributed by atoms with Crippen molar-refractivity contribution in [3.63, 3.8) is 0 Å². The summed E-state index contributed by atoms with van der Waals surface area (Å²) in [6, 6.07) is 4.65. The fourth-order valence-corrected chi connectivity index (χ4v) is 1.62. The number of hydrogen-bond donors (Lipinski definition) is 3. The molecule has 19 heavy (non-hydrogen) atoms. The van der Waals surface area contributed by atoms with Crippen molar-refractivity contribution in [1.29, 1.82) is 0 Å². The largest absolute Gasteiger partial charge is 0.382 e. The first-order valence-corrected chi connectivity index (χ1v) is 5.58. The van der Waals surface area contributed by atoms with Gasteiger partial charge in [0.2, 0.25) is 0 Å². The predicted octanol–water partition coefficient (Wildman–Crippen LogP) is 1.24. The normalized spacial score (nSPS) is 10.4. The monoisotopic (exact) mass is 266 g/mol. The molecule has 5 nitrogen and oxygen atoms in total. The van der Waals surface area contributed by atoms with Crippen LogP contribution in [-0.2, 0) is 6.42 Å². The summed E-state index contributed by atoms with van der Waals surface area (Å²) in [6.45, 7) is 0.251. The molecule has 0 unspecified atom stereocenters. The van der Waals surface area contributed by atoms with Crippen LogP contribution in [0.4, 0.5) is 14.6 Å². The fraction of sp³-hybridized carbons (Fsp3) is 0.167. The number of aromatic amines is 1. The Balaban J connectivity index is 1.88. The molecule has 0 atom stereocenters. The van der Waals surface area contributed by atoms with Crippen LogP contribution in [0.3, 0.4) is 0 Å². The van der Waals surface area contributed by atoms with Gasteiger partial charge < -0.3 is 11.1 Å². The summed E-state index contributed by atoms with van der Waals surface area (Å²) < 4.78 is 25.9. The summed E-state index contributed by atoms with van der Waals surface area (Å²) >= 11 is 0. The summed E-state index contributed by atoms with van der Waals surface area (Å²) in [6.07, 6.45) is 0.323. The van der Waals surface area contributed by atoms with E-state index < -0.39 is 11.6 Å². The highest BCUT2D eigenvalue weighted by atomic mass is 19.1. The van der Waals surface area contributed by atoms with Gasteiger partial charge in [-0.3, -0.25) is 9.89 Å². The van der Waals surface area contributed by atoms with Crippen molar-refractivity contribution < 1.29 is 13.6 Å². The smallest absolute Gasteiger partial charge is 0.269 e. The molecule has 0 fully saturated rings. The van der Waals surface area contributed by atoms with Gasteiger partial charge in [-0.2, -0.15) is 5.10 Å². The van der Waals surface area contributed by atoms with Crippen molar-refractivity contribution in [2.75, 3.05) is 12.3 Å². The quantitative estimate of drug-likeness (QED) is 0.778. The molecule has 2 aromatic rings. The number of aromatic nitrogens is 2. The summed E-state index contributed by atoms with van der Waals surface area (Å²) in [5.41, 5.74) is 6.08. The number of rotatable bonds is 4. The predicted molar refractivity (Wildman–Crippen MR) is 65.4 cm³/mol. The molecule has 1 aromatic heterocycles. The van der Waals surface area contributed by atoms with Crippen molar-refractivity contribution in [3.8, 4) is 0 Å². The Labute approximate surface area is 107 Å². The van der Waals surface area contributed by atoms with Crippen LogP contribution in [0, 0.1) is 11.6 Å². The van der Waals surface area contributed by atoms with Crippen molar-refractivity contribution in [2.24, 2.45) is 0 Å². The first-order chi connectivity index (χ1) is 9.04. The highest BCUT2D eigenvalue weighted by molar-refractivity contribution is 5.92. The molecular formula is C12H12F2N4O. The Morgan fingerprint density at radius 3 is 2.53 bits per heavy atom. The molecule has 0 spiro atoms. The van der Waals surface area contributed by atoms with Gasteiger partial charge in [0, 0.05) is 18.7 Å². The fourth-order valence-electron chi connectivity index (χ4n) is 1.62. The highest BCUT2D eigenvalue weighted by Gasteiger charge is 2.08. The zero-order chi connectivity index (χ0) is 13.8. The molecule has 100 valence electrons. The van der Waals surface area contributed by atoms with Gasteiger partial charge in [0.05, 0.1) is 0 Å². The van der Waals surface area contributed by atoms with E-state index in [1.54, 1.807) is 0 Å². The van der Waals surface area contributed by atoms with E-state index >= 15 is 0 Å². The van der Waals surface area contributed by atoms with E-state index in [4.69, 9.17) is 5.73 Å². The van der Waals surface area contributed by atoms with Crippen LogP contribution in [0.25, 0.3) is 0 Å². The minimum Gasteiger partial charge on any atom is -0.382 e. The van der Waals surface area contributed by atoms with Crippen LogP contribution >= 0.6 is 0 Å². The lowest BCUT2D eigenvalue weighted by Gasteiger charge is -2.04. The minimum absolute atomic E-state index is 0.220. The number of anilines is 1. The number of hydrogen-bond acceptors (Lipinski definition) is 3. The number of carbonyl (C=O) groups is 1. The molecule has 0 bridgehead atoms. The van der Waals surface area contributed by atoms with Crippen molar-refractivity contribution in [1.82, 2.24) is 15.5 Å². The molecule has 7 heteroatoms. The summed E-state index contributed by atoms with van der Waals surface area (Å²) in [7, 11) is 0. The van der Waals surface area contributed by atoms with Crippen LogP contribution in [0.2, 0.25) is 0 Å². The molecule has 0 aliphatic carbocycles. The topological polar surface area (TPSA) is 83.8 Å². The molecule has 0 saturated heterocycles. The number of carbonyl (C=O) groups excluding carboxylic acids is 1. The van der Waals surface area contributed by atoms with Crippen LogP contribution in [-0.4, -0.2) is 22.6 Å². The Morgan fingerprint density at radius 1 is 1.26 bits per heavy atom.